The first kappa shape index (κ1) is 19.3. The molecule has 0 aliphatic carbocycles. The van der Waals surface area contributed by atoms with Gasteiger partial charge in [-0.3, -0.25) is 18.5 Å². The number of rotatable bonds is 5. The van der Waals surface area contributed by atoms with Crippen molar-refractivity contribution in [3.05, 3.63) is 36.7 Å². The van der Waals surface area contributed by atoms with Crippen molar-refractivity contribution in [1.29, 1.82) is 0 Å². The normalized spacial score (nSPS) is 27.8. The molecule has 1 aromatic rings. The van der Waals surface area contributed by atoms with E-state index in [4.69, 9.17) is 8.92 Å². The zero-order chi connectivity index (χ0) is 18.1. The fourth-order valence-corrected chi connectivity index (χ4v) is 3.32. The van der Waals surface area contributed by atoms with Gasteiger partial charge in [-0.25, -0.2) is 4.79 Å². The average Bonchev–Trinajstić information content (AvgIpc) is 2.77. The maximum atomic E-state index is 12.0. The Bertz CT molecular complexity index is 845. The predicted molar refractivity (Wildman–Crippen MR) is 91.1 cm³/mol. The molecule has 0 aromatic carbocycles. The van der Waals surface area contributed by atoms with Gasteiger partial charge in [0.05, 0.1) is 18.4 Å². The third-order valence-corrected chi connectivity index (χ3v) is 4.22. The van der Waals surface area contributed by atoms with Gasteiger partial charge >= 0.3 is 5.69 Å². The van der Waals surface area contributed by atoms with Gasteiger partial charge < -0.3 is 14.9 Å². The summed E-state index contributed by atoms with van der Waals surface area (Å²) >= 11 is 1.89. The largest absolute Gasteiger partial charge is 0.394 e. The van der Waals surface area contributed by atoms with Crippen LogP contribution >= 0.6 is 22.6 Å². The fraction of sp³-hybridized carbons (Fsp3) is 0.500. The van der Waals surface area contributed by atoms with E-state index in [1.807, 2.05) is 22.6 Å². The van der Waals surface area contributed by atoms with Crippen LogP contribution in [0.15, 0.2) is 19.9 Å². The summed E-state index contributed by atoms with van der Waals surface area (Å²) in [4.78, 5) is 25.7. The Hall–Kier alpha value is -1.06. The number of nitrogens with one attached hydrogen (secondary N) is 1. The van der Waals surface area contributed by atoms with Crippen LogP contribution in [0.25, 0.3) is 6.08 Å². The van der Waals surface area contributed by atoms with Crippen LogP contribution in [0.1, 0.15) is 11.8 Å². The molecule has 0 radical (unpaired) electrons. The minimum atomic E-state index is -3.93. The first-order valence-electron chi connectivity index (χ1n) is 6.63. The van der Waals surface area contributed by atoms with Gasteiger partial charge in [-0.2, -0.15) is 8.42 Å². The number of ether oxygens (including phenoxy) is 1. The van der Waals surface area contributed by atoms with Crippen LogP contribution in [0.5, 0.6) is 0 Å². The summed E-state index contributed by atoms with van der Waals surface area (Å²) < 4.78 is 35.1. The number of nitrogens with zero attached hydrogens (tertiary/aromatic N) is 1. The average molecular weight is 474 g/mol. The molecule has 0 saturated carbocycles. The molecule has 0 spiro atoms. The lowest BCUT2D eigenvalue weighted by Gasteiger charge is -2.19. The Morgan fingerprint density at radius 2 is 2.17 bits per heavy atom. The molecular weight excluding hydrogens is 459 g/mol. The van der Waals surface area contributed by atoms with Crippen LogP contribution in [0.4, 0.5) is 0 Å². The highest BCUT2D eigenvalue weighted by Gasteiger charge is 2.47. The zero-order valence-electron chi connectivity index (χ0n) is 12.3. The number of aliphatic hydroxyl groups excluding tert-OH is 2. The standard InChI is InChI=1S/C12H15IN2O8S/c1-24(20,21)23-9-7(5-16)22-11(8(9)17)15-4-6(2-3-13)10(18)14-12(15)19/h2-4,7-9,11,16-17H,5H2,1H3,(H,14,18,19)/t7-,8-,9+,11-/m1/s1. The van der Waals surface area contributed by atoms with Crippen LogP contribution in [0.3, 0.4) is 0 Å². The van der Waals surface area contributed by atoms with Crippen molar-refractivity contribution in [2.45, 2.75) is 24.5 Å². The van der Waals surface area contributed by atoms with E-state index in [9.17, 15) is 28.2 Å². The van der Waals surface area contributed by atoms with Crippen LogP contribution in [0.2, 0.25) is 0 Å². The van der Waals surface area contributed by atoms with Gasteiger partial charge in [0.15, 0.2) is 6.23 Å². The predicted octanol–water partition coefficient (Wildman–Crippen LogP) is -1.46. The molecule has 2 heterocycles. The summed E-state index contributed by atoms with van der Waals surface area (Å²) in [7, 11) is -3.93. The molecule has 1 saturated heterocycles. The molecule has 3 N–H and O–H groups in total. The third-order valence-electron chi connectivity index (χ3n) is 3.29. The van der Waals surface area contributed by atoms with Crippen molar-refractivity contribution >= 4 is 38.8 Å². The molecule has 134 valence electrons. The van der Waals surface area contributed by atoms with E-state index in [1.165, 1.54) is 12.3 Å². The lowest BCUT2D eigenvalue weighted by atomic mass is 10.1. The van der Waals surface area contributed by atoms with Crippen LogP contribution in [-0.4, -0.2) is 59.4 Å². The van der Waals surface area contributed by atoms with Gasteiger partial charge in [0.25, 0.3) is 15.7 Å². The van der Waals surface area contributed by atoms with E-state index in [0.29, 0.717) is 0 Å². The second kappa shape index (κ2) is 7.45. The number of aliphatic hydroxyl groups is 2. The molecule has 0 unspecified atom stereocenters. The first-order valence-corrected chi connectivity index (χ1v) is 9.69. The summed E-state index contributed by atoms with van der Waals surface area (Å²) in [6.45, 7) is -0.633. The Balaban J connectivity index is 2.44. The second-order valence-electron chi connectivity index (χ2n) is 5.05. The molecule has 12 heteroatoms. The molecule has 24 heavy (non-hydrogen) atoms. The van der Waals surface area contributed by atoms with E-state index >= 15 is 0 Å². The van der Waals surface area contributed by atoms with Gasteiger partial charge in [-0.15, -0.1) is 0 Å². The quantitative estimate of drug-likeness (QED) is 0.347. The smallest absolute Gasteiger partial charge is 0.330 e. The number of hydrogen-bond acceptors (Lipinski definition) is 8. The molecule has 1 aromatic heterocycles. The highest BCUT2D eigenvalue weighted by atomic mass is 127. The first-order chi connectivity index (χ1) is 11.2. The lowest BCUT2D eigenvalue weighted by Crippen LogP contribution is -2.40. The molecule has 1 aliphatic rings. The van der Waals surface area contributed by atoms with Crippen molar-refractivity contribution in [3.8, 4) is 0 Å². The van der Waals surface area contributed by atoms with Gasteiger partial charge in [0.1, 0.15) is 18.3 Å². The fourth-order valence-electron chi connectivity index (χ4n) is 2.29. The highest BCUT2D eigenvalue weighted by Crippen LogP contribution is 2.31. The molecule has 1 fully saturated rings. The number of aromatic nitrogens is 2. The topological polar surface area (TPSA) is 148 Å². The van der Waals surface area contributed by atoms with Crippen LogP contribution < -0.4 is 11.2 Å². The van der Waals surface area contributed by atoms with Crippen molar-refractivity contribution in [2.75, 3.05) is 12.9 Å². The molecule has 1 aliphatic heterocycles. The summed E-state index contributed by atoms with van der Waals surface area (Å²) in [5, 5.41) is 19.6. The van der Waals surface area contributed by atoms with Gasteiger partial charge in [-0.1, -0.05) is 22.6 Å². The van der Waals surface area contributed by atoms with E-state index in [2.05, 4.69) is 4.98 Å². The monoisotopic (exact) mass is 474 g/mol. The van der Waals surface area contributed by atoms with Crippen molar-refractivity contribution in [3.63, 3.8) is 0 Å². The SMILES string of the molecule is CS(=O)(=O)O[C@@H]1[C@@H](O)[C@H](n2cc(C=CI)c(=O)[nH]c2=O)O[C@@H]1CO. The molecule has 0 amide bonds. The van der Waals surface area contributed by atoms with Gasteiger partial charge in [-0.05, 0) is 10.2 Å². The summed E-state index contributed by atoms with van der Waals surface area (Å²) in [5.41, 5.74) is -1.35. The Morgan fingerprint density at radius 1 is 1.50 bits per heavy atom. The van der Waals surface area contributed by atoms with E-state index in [1.54, 1.807) is 4.08 Å². The second-order valence-corrected chi connectivity index (χ2v) is 7.37. The van der Waals surface area contributed by atoms with Gasteiger partial charge in [0, 0.05) is 6.20 Å². The molecule has 4 atom stereocenters. The molecule has 2 rings (SSSR count). The van der Waals surface area contributed by atoms with Gasteiger partial charge in [0.2, 0.25) is 0 Å². The number of halogens is 1. The molecule has 10 nitrogen and oxygen atoms in total. The van der Waals surface area contributed by atoms with Crippen LogP contribution in [0, 0.1) is 0 Å². The van der Waals surface area contributed by atoms with Crippen molar-refractivity contribution in [1.82, 2.24) is 9.55 Å². The number of hydrogen-bond donors (Lipinski definition) is 3. The molecular formula is C12H15IN2O8S. The third kappa shape index (κ3) is 4.12. The minimum absolute atomic E-state index is 0.132. The minimum Gasteiger partial charge on any atom is -0.394 e. The Labute approximate surface area is 150 Å². The van der Waals surface area contributed by atoms with Crippen molar-refractivity contribution < 1.29 is 27.6 Å². The van der Waals surface area contributed by atoms with E-state index < -0.39 is 52.5 Å². The highest BCUT2D eigenvalue weighted by molar-refractivity contribution is 14.1. The Kier molecular flexibility index (Phi) is 5.98. The van der Waals surface area contributed by atoms with E-state index in [0.717, 1.165) is 10.8 Å². The number of H-pyrrole nitrogens is 1. The Morgan fingerprint density at radius 3 is 2.71 bits per heavy atom. The summed E-state index contributed by atoms with van der Waals surface area (Å²) in [6, 6.07) is 0. The zero-order valence-corrected chi connectivity index (χ0v) is 15.3. The number of aromatic amines is 1. The summed E-state index contributed by atoms with van der Waals surface area (Å²) in [5.74, 6) is 0. The van der Waals surface area contributed by atoms with E-state index in [-0.39, 0.29) is 5.56 Å². The lowest BCUT2D eigenvalue weighted by molar-refractivity contribution is -0.0543. The van der Waals surface area contributed by atoms with Crippen LogP contribution in [-0.2, 0) is 19.0 Å². The summed E-state index contributed by atoms with van der Waals surface area (Å²) in [6.07, 6.45) is -2.06. The maximum absolute atomic E-state index is 12.0. The maximum Gasteiger partial charge on any atom is 0.330 e. The van der Waals surface area contributed by atoms with Crippen molar-refractivity contribution in [2.24, 2.45) is 0 Å². The molecule has 0 bridgehead atoms.